The molecule has 0 saturated carbocycles. The molecule has 3 aromatic carbocycles. The summed E-state index contributed by atoms with van der Waals surface area (Å²) in [6.45, 7) is 0.996. The highest BCUT2D eigenvalue weighted by molar-refractivity contribution is 6.02. The summed E-state index contributed by atoms with van der Waals surface area (Å²) >= 11 is 0. The molecule has 0 bridgehead atoms. The van der Waals surface area contributed by atoms with E-state index in [0.29, 0.717) is 49.2 Å². The zero-order chi connectivity index (χ0) is 26.5. The second-order valence-electron chi connectivity index (χ2n) is 9.71. The molecule has 2 aliphatic heterocycles. The molecule has 1 fully saturated rings. The molecule has 1 atom stereocenters. The van der Waals surface area contributed by atoms with Crippen molar-refractivity contribution >= 4 is 11.9 Å². The van der Waals surface area contributed by atoms with Crippen molar-refractivity contribution in [1.82, 2.24) is 4.90 Å². The van der Waals surface area contributed by atoms with Gasteiger partial charge in [-0.2, -0.15) is 10.5 Å². The van der Waals surface area contributed by atoms with Crippen LogP contribution in [0.25, 0.3) is 11.1 Å². The number of Topliss-reactive ketones (excluding diaryl/α,β-unsaturated/α-hetero) is 1. The summed E-state index contributed by atoms with van der Waals surface area (Å²) in [6, 6.07) is 26.6. The highest BCUT2D eigenvalue weighted by Crippen LogP contribution is 2.46. The fourth-order valence-corrected chi connectivity index (χ4v) is 5.38. The summed E-state index contributed by atoms with van der Waals surface area (Å²) in [5.74, 6) is 0.0380. The van der Waals surface area contributed by atoms with Crippen LogP contribution in [0.2, 0.25) is 0 Å². The van der Waals surface area contributed by atoms with E-state index in [9.17, 15) is 14.9 Å². The van der Waals surface area contributed by atoms with Crippen LogP contribution in [0.3, 0.4) is 0 Å². The van der Waals surface area contributed by atoms with Crippen molar-refractivity contribution in [2.45, 2.75) is 37.9 Å². The van der Waals surface area contributed by atoms with Gasteiger partial charge in [0.05, 0.1) is 29.2 Å². The quantitative estimate of drug-likeness (QED) is 0.428. The molecule has 38 heavy (non-hydrogen) atoms. The van der Waals surface area contributed by atoms with E-state index in [0.717, 1.165) is 16.7 Å². The maximum atomic E-state index is 13.7. The number of hydrogen-bond acceptors (Lipinski definition) is 6. The molecule has 7 heteroatoms. The van der Waals surface area contributed by atoms with Crippen molar-refractivity contribution < 1.29 is 19.1 Å². The Hall–Kier alpha value is -4.62. The van der Waals surface area contributed by atoms with Crippen molar-refractivity contribution in [2.75, 3.05) is 13.1 Å². The first-order valence-electron chi connectivity index (χ1n) is 12.7. The first-order valence-corrected chi connectivity index (χ1v) is 12.7. The van der Waals surface area contributed by atoms with Crippen LogP contribution in [-0.2, 0) is 11.3 Å². The van der Waals surface area contributed by atoms with Gasteiger partial charge in [-0.15, -0.1) is 0 Å². The largest absolute Gasteiger partial charge is 0.486 e. The number of amides is 1. The van der Waals surface area contributed by atoms with Crippen molar-refractivity contribution in [2.24, 2.45) is 5.92 Å². The predicted molar refractivity (Wildman–Crippen MR) is 140 cm³/mol. The third-order valence-electron chi connectivity index (χ3n) is 7.48. The highest BCUT2D eigenvalue weighted by atomic mass is 16.6. The van der Waals surface area contributed by atoms with Gasteiger partial charge in [0.25, 0.3) is 0 Å². The normalized spacial score (nSPS) is 17.6. The Kier molecular flexibility index (Phi) is 7.11. The number of rotatable bonds is 5. The molecule has 0 aliphatic carbocycles. The average Bonchev–Trinajstić information content (AvgIpc) is 2.96. The van der Waals surface area contributed by atoms with E-state index in [1.54, 1.807) is 23.1 Å². The zero-order valence-corrected chi connectivity index (χ0v) is 20.9. The van der Waals surface area contributed by atoms with Crippen molar-refractivity contribution in [3.05, 3.63) is 89.5 Å². The highest BCUT2D eigenvalue weighted by Gasteiger charge is 2.51. The van der Waals surface area contributed by atoms with Crippen molar-refractivity contribution in [1.29, 1.82) is 10.5 Å². The Morgan fingerprint density at radius 1 is 1.00 bits per heavy atom. The van der Waals surface area contributed by atoms with Gasteiger partial charge in [-0.25, -0.2) is 4.79 Å². The number of piperidine rings is 1. The third-order valence-corrected chi connectivity index (χ3v) is 7.48. The minimum absolute atomic E-state index is 0.0204. The van der Waals surface area contributed by atoms with Gasteiger partial charge in [0.2, 0.25) is 0 Å². The van der Waals surface area contributed by atoms with E-state index in [1.807, 2.05) is 54.6 Å². The molecule has 1 amide bonds. The molecule has 3 aromatic rings. The summed E-state index contributed by atoms with van der Waals surface area (Å²) in [5, 5.41) is 18.3. The summed E-state index contributed by atoms with van der Waals surface area (Å²) < 4.78 is 12.2. The van der Waals surface area contributed by atoms with Gasteiger partial charge in [-0.1, -0.05) is 48.5 Å². The maximum Gasteiger partial charge on any atom is 0.410 e. The van der Waals surface area contributed by atoms with Crippen molar-refractivity contribution in [3.8, 4) is 29.0 Å². The number of ether oxygens (including phenoxy) is 2. The summed E-state index contributed by atoms with van der Waals surface area (Å²) in [4.78, 5) is 28.1. The van der Waals surface area contributed by atoms with E-state index in [1.165, 1.54) is 0 Å². The van der Waals surface area contributed by atoms with Crippen LogP contribution in [0.1, 0.15) is 47.2 Å². The number of ketones is 1. The van der Waals surface area contributed by atoms with Gasteiger partial charge in [-0.05, 0) is 47.4 Å². The first kappa shape index (κ1) is 25.0. The molecular formula is C31H27N3O4. The third kappa shape index (κ3) is 4.96. The van der Waals surface area contributed by atoms with Crippen LogP contribution in [-0.4, -0.2) is 35.5 Å². The molecular weight excluding hydrogens is 478 g/mol. The lowest BCUT2D eigenvalue weighted by molar-refractivity contribution is -0.0443. The smallest absolute Gasteiger partial charge is 0.410 e. The monoisotopic (exact) mass is 505 g/mol. The Balaban J connectivity index is 1.35. The molecule has 0 aromatic heterocycles. The minimum atomic E-state index is -0.791. The second-order valence-corrected chi connectivity index (χ2v) is 9.71. The Morgan fingerprint density at radius 2 is 1.71 bits per heavy atom. The molecule has 2 aliphatic rings. The predicted octanol–water partition coefficient (Wildman–Crippen LogP) is 5.89. The molecule has 7 nitrogen and oxygen atoms in total. The number of carbonyl (C=O) groups is 2. The van der Waals surface area contributed by atoms with E-state index < -0.39 is 11.5 Å². The van der Waals surface area contributed by atoms with Crippen LogP contribution in [0.4, 0.5) is 4.79 Å². The first-order chi connectivity index (χ1) is 18.5. The van der Waals surface area contributed by atoms with Crippen LogP contribution in [0.15, 0.2) is 72.8 Å². The van der Waals surface area contributed by atoms with Gasteiger partial charge in [0.1, 0.15) is 18.0 Å². The van der Waals surface area contributed by atoms with Gasteiger partial charge >= 0.3 is 6.09 Å². The Labute approximate surface area is 221 Å². The lowest BCUT2D eigenvalue weighted by atomic mass is 9.71. The van der Waals surface area contributed by atoms with Gasteiger partial charge in [-0.3, -0.25) is 4.79 Å². The number of hydrogen-bond donors (Lipinski definition) is 0. The number of likely N-dealkylation sites (tertiary alicyclic amines) is 1. The lowest BCUT2D eigenvalue weighted by Crippen LogP contribution is -2.57. The molecule has 1 saturated heterocycles. The Bertz CT molecular complexity index is 1410. The van der Waals surface area contributed by atoms with Crippen LogP contribution in [0, 0.1) is 28.6 Å². The van der Waals surface area contributed by atoms with E-state index in [4.69, 9.17) is 14.7 Å². The maximum absolute atomic E-state index is 13.7. The number of fused-ring (bicyclic) bond motifs is 1. The fraction of sp³-hybridized carbons (Fsp3) is 0.290. The minimum Gasteiger partial charge on any atom is -0.486 e. The SMILES string of the molecule is N#CCCC1C(=O)c2ccc(-c3ccc(C#N)cc3)cc2OC12CCN(C(=O)OCc1ccccc1)CC2. The molecule has 2 heterocycles. The molecule has 5 rings (SSSR count). The standard InChI is InChI=1S/C31H27N3O4/c32-16-4-7-27-29(35)26-13-12-25(24-10-8-22(20-33)9-11-24)19-28(26)38-31(27)14-17-34(18-15-31)30(36)37-21-23-5-2-1-3-6-23/h1-3,5-6,8-13,19,27H,4,7,14-15,17-18,21H2. The number of carbonyl (C=O) groups excluding carboxylic acids is 2. The van der Waals surface area contributed by atoms with Crippen LogP contribution >= 0.6 is 0 Å². The van der Waals surface area contributed by atoms with E-state index >= 15 is 0 Å². The summed E-state index contributed by atoms with van der Waals surface area (Å²) in [7, 11) is 0. The molecule has 190 valence electrons. The molecule has 0 radical (unpaired) electrons. The zero-order valence-electron chi connectivity index (χ0n) is 20.9. The molecule has 1 spiro atoms. The lowest BCUT2D eigenvalue weighted by Gasteiger charge is -2.48. The topological polar surface area (TPSA) is 103 Å². The molecule has 0 N–H and O–H groups in total. The van der Waals surface area contributed by atoms with Crippen LogP contribution < -0.4 is 4.74 Å². The van der Waals surface area contributed by atoms with Crippen molar-refractivity contribution in [3.63, 3.8) is 0 Å². The van der Waals surface area contributed by atoms with Crippen LogP contribution in [0.5, 0.6) is 5.75 Å². The number of nitriles is 2. The fourth-order valence-electron chi connectivity index (χ4n) is 5.38. The second kappa shape index (κ2) is 10.8. The summed E-state index contributed by atoms with van der Waals surface area (Å²) in [6.07, 6.45) is 1.21. The number of benzene rings is 3. The Morgan fingerprint density at radius 3 is 2.39 bits per heavy atom. The van der Waals surface area contributed by atoms with Gasteiger partial charge < -0.3 is 14.4 Å². The van der Waals surface area contributed by atoms with E-state index in [-0.39, 0.29) is 24.9 Å². The molecule has 1 unspecified atom stereocenters. The number of nitrogens with zero attached hydrogens (tertiary/aromatic N) is 3. The summed E-state index contributed by atoms with van der Waals surface area (Å²) in [5.41, 5.74) is 3.02. The van der Waals surface area contributed by atoms with Gasteiger partial charge in [0.15, 0.2) is 5.78 Å². The van der Waals surface area contributed by atoms with E-state index in [2.05, 4.69) is 12.1 Å². The average molecular weight is 506 g/mol. The van der Waals surface area contributed by atoms with Gasteiger partial charge in [0, 0.05) is 32.4 Å².